The molecule has 1 amide bonds. The van der Waals surface area contributed by atoms with Gasteiger partial charge in [0, 0.05) is 32.6 Å². The molecule has 1 aliphatic heterocycles. The van der Waals surface area contributed by atoms with Gasteiger partial charge >= 0.3 is 0 Å². The van der Waals surface area contributed by atoms with E-state index in [1.807, 2.05) is 6.07 Å². The topological polar surface area (TPSA) is 81.5 Å². The number of rotatable bonds is 5. The number of nitrogens with zero attached hydrogens (tertiary/aromatic N) is 3. The van der Waals surface area contributed by atoms with E-state index >= 15 is 0 Å². The predicted molar refractivity (Wildman–Crippen MR) is 85.7 cm³/mol. The summed E-state index contributed by atoms with van der Waals surface area (Å²) in [5, 5.41) is 8.57. The Morgan fingerprint density at radius 3 is 2.58 bits per heavy atom. The Balaban J connectivity index is 2.01. The molecule has 0 N–H and O–H groups in total. The smallest absolute Gasteiger partial charge is 0.245 e. The van der Waals surface area contributed by atoms with Crippen LogP contribution in [0.2, 0.25) is 0 Å². The monoisotopic (exact) mass is 353 g/mol. The van der Waals surface area contributed by atoms with Crippen molar-refractivity contribution in [3.63, 3.8) is 0 Å². The zero-order chi connectivity index (χ0) is 17.7. The van der Waals surface area contributed by atoms with Crippen LogP contribution < -0.4 is 0 Å². The highest BCUT2D eigenvalue weighted by Gasteiger charge is 2.34. The summed E-state index contributed by atoms with van der Waals surface area (Å²) >= 11 is 0. The molecule has 0 atom stereocenters. The van der Waals surface area contributed by atoms with E-state index < -0.39 is 15.8 Å². The fourth-order valence-corrected chi connectivity index (χ4v) is 4.31. The number of halogens is 1. The molecule has 24 heavy (non-hydrogen) atoms. The van der Waals surface area contributed by atoms with Crippen molar-refractivity contribution in [1.82, 2.24) is 9.21 Å². The van der Waals surface area contributed by atoms with Gasteiger partial charge in [-0.2, -0.15) is 9.57 Å². The fourth-order valence-electron chi connectivity index (χ4n) is 2.78. The average Bonchev–Trinajstić information content (AvgIpc) is 2.59. The lowest BCUT2D eigenvalue weighted by molar-refractivity contribution is -0.135. The number of amides is 1. The Morgan fingerprint density at radius 2 is 2.00 bits per heavy atom. The van der Waals surface area contributed by atoms with Crippen molar-refractivity contribution in [3.05, 3.63) is 30.1 Å². The van der Waals surface area contributed by atoms with Crippen LogP contribution in [-0.4, -0.2) is 50.2 Å². The van der Waals surface area contributed by atoms with E-state index in [2.05, 4.69) is 0 Å². The molecule has 8 heteroatoms. The molecule has 0 radical (unpaired) electrons. The fraction of sp³-hybridized carbons (Fsp3) is 0.500. The molecule has 2 rings (SSSR count). The lowest BCUT2D eigenvalue weighted by atomic mass is 9.96. The number of hydrogen-bond donors (Lipinski definition) is 0. The summed E-state index contributed by atoms with van der Waals surface area (Å²) in [5.41, 5.74) is 0. The maximum absolute atomic E-state index is 13.8. The lowest BCUT2D eigenvalue weighted by Gasteiger charge is -2.32. The summed E-state index contributed by atoms with van der Waals surface area (Å²) in [5.74, 6) is -1.11. The van der Waals surface area contributed by atoms with Crippen molar-refractivity contribution < 1.29 is 17.6 Å². The minimum Gasteiger partial charge on any atom is -0.344 e. The lowest BCUT2D eigenvalue weighted by Crippen LogP contribution is -2.43. The number of carbonyl (C=O) groups is 1. The zero-order valence-electron chi connectivity index (χ0n) is 13.5. The van der Waals surface area contributed by atoms with Crippen LogP contribution in [0.3, 0.4) is 0 Å². The highest BCUT2D eigenvalue weighted by Crippen LogP contribution is 2.26. The first-order chi connectivity index (χ1) is 11.4. The van der Waals surface area contributed by atoms with Crippen LogP contribution in [0.15, 0.2) is 29.2 Å². The first-order valence-electron chi connectivity index (χ1n) is 7.74. The highest BCUT2D eigenvalue weighted by molar-refractivity contribution is 7.89. The van der Waals surface area contributed by atoms with Crippen LogP contribution in [0.25, 0.3) is 0 Å². The van der Waals surface area contributed by atoms with E-state index in [1.54, 1.807) is 7.05 Å². The van der Waals surface area contributed by atoms with Crippen LogP contribution in [0, 0.1) is 23.1 Å². The maximum Gasteiger partial charge on any atom is 0.245 e. The molecule has 0 aliphatic carbocycles. The number of piperidine rings is 1. The maximum atomic E-state index is 13.8. The molecule has 1 aliphatic rings. The first-order valence-corrected chi connectivity index (χ1v) is 9.18. The summed E-state index contributed by atoms with van der Waals surface area (Å²) in [6.07, 6.45) is 1.05. The second kappa shape index (κ2) is 7.73. The average molecular weight is 353 g/mol. The molecule has 1 aromatic carbocycles. The number of nitriles is 1. The van der Waals surface area contributed by atoms with Gasteiger partial charge in [0.1, 0.15) is 10.7 Å². The van der Waals surface area contributed by atoms with Gasteiger partial charge in [-0.3, -0.25) is 4.79 Å². The number of benzene rings is 1. The molecule has 1 heterocycles. The second-order valence-corrected chi connectivity index (χ2v) is 7.68. The quantitative estimate of drug-likeness (QED) is 0.805. The van der Waals surface area contributed by atoms with Crippen molar-refractivity contribution in [2.45, 2.75) is 24.2 Å². The third kappa shape index (κ3) is 3.91. The van der Waals surface area contributed by atoms with Gasteiger partial charge < -0.3 is 4.90 Å². The third-order valence-electron chi connectivity index (χ3n) is 4.19. The van der Waals surface area contributed by atoms with Crippen molar-refractivity contribution in [1.29, 1.82) is 5.26 Å². The summed E-state index contributed by atoms with van der Waals surface area (Å²) in [4.78, 5) is 13.4. The SMILES string of the molecule is CN(CCC#N)C(=O)C1CCN(S(=O)(=O)c2ccccc2F)CC1. The Kier molecular flexibility index (Phi) is 5.91. The molecular weight excluding hydrogens is 333 g/mol. The van der Waals surface area contributed by atoms with Gasteiger partial charge in [0.15, 0.2) is 0 Å². The Morgan fingerprint density at radius 1 is 1.38 bits per heavy atom. The standard InChI is InChI=1S/C16H20FN3O3S/c1-19(10-4-9-18)16(21)13-7-11-20(12-8-13)24(22,23)15-6-3-2-5-14(15)17/h2-3,5-6,13H,4,7-8,10-12H2,1H3. The van der Waals surface area contributed by atoms with E-state index in [0.29, 0.717) is 19.4 Å². The minimum atomic E-state index is -3.89. The molecule has 0 unspecified atom stereocenters. The Hall–Kier alpha value is -1.98. The summed E-state index contributed by atoms with van der Waals surface area (Å²) in [6.45, 7) is 0.724. The molecule has 6 nitrogen and oxygen atoms in total. The second-order valence-electron chi connectivity index (χ2n) is 5.78. The van der Waals surface area contributed by atoms with E-state index in [-0.39, 0.29) is 36.2 Å². The van der Waals surface area contributed by atoms with Gasteiger partial charge in [-0.05, 0) is 25.0 Å². The summed E-state index contributed by atoms with van der Waals surface area (Å²) < 4.78 is 40.0. The molecular formula is C16H20FN3O3S. The van der Waals surface area contributed by atoms with Crippen LogP contribution in [0.5, 0.6) is 0 Å². The molecule has 0 saturated carbocycles. The highest BCUT2D eigenvalue weighted by atomic mass is 32.2. The summed E-state index contributed by atoms with van der Waals surface area (Å²) in [6, 6.07) is 7.28. The zero-order valence-corrected chi connectivity index (χ0v) is 14.3. The molecule has 1 fully saturated rings. The largest absolute Gasteiger partial charge is 0.344 e. The van der Waals surface area contributed by atoms with Crippen LogP contribution in [-0.2, 0) is 14.8 Å². The first kappa shape index (κ1) is 18.4. The number of carbonyl (C=O) groups excluding carboxylic acids is 1. The third-order valence-corrected chi connectivity index (χ3v) is 6.12. The van der Waals surface area contributed by atoms with Crippen LogP contribution in [0.4, 0.5) is 4.39 Å². The van der Waals surface area contributed by atoms with Crippen LogP contribution >= 0.6 is 0 Å². The van der Waals surface area contributed by atoms with Gasteiger partial charge in [0.05, 0.1) is 12.5 Å². The minimum absolute atomic E-state index is 0.0758. The van der Waals surface area contributed by atoms with Gasteiger partial charge in [-0.1, -0.05) is 12.1 Å². The van der Waals surface area contributed by atoms with Crippen molar-refractivity contribution in [3.8, 4) is 6.07 Å². The molecule has 1 aromatic rings. The van der Waals surface area contributed by atoms with Crippen molar-refractivity contribution >= 4 is 15.9 Å². The van der Waals surface area contributed by atoms with Gasteiger partial charge in [0.2, 0.25) is 15.9 Å². The molecule has 0 aromatic heterocycles. The van der Waals surface area contributed by atoms with Gasteiger partial charge in [-0.25, -0.2) is 12.8 Å². The molecule has 1 saturated heterocycles. The van der Waals surface area contributed by atoms with E-state index in [0.717, 1.165) is 6.07 Å². The van der Waals surface area contributed by atoms with Gasteiger partial charge in [-0.15, -0.1) is 0 Å². The Bertz CT molecular complexity index is 737. The molecule has 0 bridgehead atoms. The summed E-state index contributed by atoms with van der Waals surface area (Å²) in [7, 11) is -2.24. The van der Waals surface area contributed by atoms with Crippen molar-refractivity contribution in [2.24, 2.45) is 5.92 Å². The van der Waals surface area contributed by atoms with Crippen LogP contribution in [0.1, 0.15) is 19.3 Å². The van der Waals surface area contributed by atoms with E-state index in [4.69, 9.17) is 5.26 Å². The normalized spacial score (nSPS) is 16.5. The number of sulfonamides is 1. The molecule has 130 valence electrons. The molecule has 0 spiro atoms. The van der Waals surface area contributed by atoms with Gasteiger partial charge in [0.25, 0.3) is 0 Å². The van der Waals surface area contributed by atoms with E-state index in [9.17, 15) is 17.6 Å². The number of hydrogen-bond acceptors (Lipinski definition) is 4. The predicted octanol–water partition coefficient (Wildman–Crippen LogP) is 1.60. The van der Waals surface area contributed by atoms with Crippen molar-refractivity contribution in [2.75, 3.05) is 26.7 Å². The Labute approximate surface area is 141 Å². The van der Waals surface area contributed by atoms with E-state index in [1.165, 1.54) is 27.4 Å².